The zero-order valence-corrected chi connectivity index (χ0v) is 20.3. The molecule has 1 heterocycles. The first-order chi connectivity index (χ1) is 17.1. The third kappa shape index (κ3) is 6.12. The van der Waals surface area contributed by atoms with E-state index in [0.29, 0.717) is 12.3 Å². The van der Waals surface area contributed by atoms with Gasteiger partial charge < -0.3 is 26.4 Å². The Hall–Kier alpha value is -4.00. The molecule has 4 rings (SSSR count). The van der Waals surface area contributed by atoms with Crippen LogP contribution >= 0.6 is 0 Å². The summed E-state index contributed by atoms with van der Waals surface area (Å²) in [4.78, 5) is 5.02. The quantitative estimate of drug-likeness (QED) is 0.233. The van der Waals surface area contributed by atoms with Gasteiger partial charge in [-0.2, -0.15) is 5.10 Å². The van der Waals surface area contributed by atoms with Crippen molar-refractivity contribution in [3.05, 3.63) is 101 Å². The number of nitrogens with zero attached hydrogens (tertiary/aromatic N) is 2. The van der Waals surface area contributed by atoms with Gasteiger partial charge in [-0.05, 0) is 54.9 Å². The highest BCUT2D eigenvalue weighted by Crippen LogP contribution is 2.32. The lowest BCUT2D eigenvalue weighted by atomic mass is 9.89. The second-order valence-corrected chi connectivity index (χ2v) is 8.60. The Bertz CT molecular complexity index is 1170. The Kier molecular flexibility index (Phi) is 7.88. The lowest BCUT2D eigenvalue weighted by molar-refractivity contribution is 0.250. The first-order valence-electron chi connectivity index (χ1n) is 11.9. The van der Waals surface area contributed by atoms with E-state index in [-0.39, 0.29) is 12.0 Å². The molecule has 0 fully saturated rings. The number of allylic oxidation sites excluding steroid dienone is 6. The van der Waals surface area contributed by atoms with Gasteiger partial charge in [-0.25, -0.2) is 4.99 Å². The largest absolute Gasteiger partial charge is 0.500 e. The van der Waals surface area contributed by atoms with Crippen LogP contribution < -0.4 is 21.6 Å². The third-order valence-corrected chi connectivity index (χ3v) is 6.22. The van der Waals surface area contributed by atoms with Crippen LogP contribution in [0.4, 0.5) is 0 Å². The molecule has 3 aliphatic rings. The molecule has 0 amide bonds. The van der Waals surface area contributed by atoms with Crippen molar-refractivity contribution in [2.75, 3.05) is 7.11 Å². The maximum absolute atomic E-state index is 6.13. The molecule has 0 saturated heterocycles. The van der Waals surface area contributed by atoms with Gasteiger partial charge in [-0.1, -0.05) is 48.9 Å². The molecule has 7 nitrogen and oxygen atoms in total. The molecule has 7 heteroatoms. The molecular weight excluding hydrogens is 438 g/mol. The maximum Gasteiger partial charge on any atom is 0.130 e. The second-order valence-electron chi connectivity index (χ2n) is 8.60. The van der Waals surface area contributed by atoms with Crippen LogP contribution in [0.5, 0.6) is 5.75 Å². The van der Waals surface area contributed by atoms with Crippen LogP contribution in [0.2, 0.25) is 0 Å². The molecule has 0 bridgehead atoms. The Morgan fingerprint density at radius 3 is 2.74 bits per heavy atom. The number of aliphatic imine (C=N–C) groups is 1. The van der Waals surface area contributed by atoms with Gasteiger partial charge in [0.2, 0.25) is 0 Å². The molecule has 2 aliphatic carbocycles. The summed E-state index contributed by atoms with van der Waals surface area (Å²) in [6.45, 7) is 2.16. The van der Waals surface area contributed by atoms with Gasteiger partial charge in [0.1, 0.15) is 29.3 Å². The molecule has 2 atom stereocenters. The van der Waals surface area contributed by atoms with E-state index in [9.17, 15) is 0 Å². The Morgan fingerprint density at radius 2 is 2.00 bits per heavy atom. The summed E-state index contributed by atoms with van der Waals surface area (Å²) < 4.78 is 11.6. The SMILES string of the molecule is CCC1=CC=C(C2=CC=C(OC)C(C(N)=NN)C2)N=C(NC2=CC(Oc3ccccc3)CC=C2)C1. The number of nitrogens with two attached hydrogens (primary N) is 2. The fourth-order valence-corrected chi connectivity index (χ4v) is 4.27. The van der Waals surface area contributed by atoms with Crippen molar-refractivity contribution in [2.45, 2.75) is 38.7 Å². The van der Waals surface area contributed by atoms with Crippen LogP contribution in [-0.4, -0.2) is 24.9 Å². The van der Waals surface area contributed by atoms with E-state index in [1.165, 1.54) is 5.57 Å². The van der Waals surface area contributed by atoms with Crippen molar-refractivity contribution in [1.82, 2.24) is 5.32 Å². The maximum atomic E-state index is 6.13. The second kappa shape index (κ2) is 11.4. The summed E-state index contributed by atoms with van der Waals surface area (Å²) >= 11 is 0. The van der Waals surface area contributed by atoms with Crippen LogP contribution in [0.3, 0.4) is 0 Å². The van der Waals surface area contributed by atoms with Crippen LogP contribution in [0.15, 0.2) is 111 Å². The van der Waals surface area contributed by atoms with Crippen molar-refractivity contribution in [3.8, 4) is 5.75 Å². The highest BCUT2D eigenvalue weighted by molar-refractivity contribution is 5.89. The summed E-state index contributed by atoms with van der Waals surface area (Å²) in [5.41, 5.74) is 10.3. The fourth-order valence-electron chi connectivity index (χ4n) is 4.27. The van der Waals surface area contributed by atoms with Crippen molar-refractivity contribution in [1.29, 1.82) is 0 Å². The average Bonchev–Trinajstić information content (AvgIpc) is 3.10. The van der Waals surface area contributed by atoms with Gasteiger partial charge in [0, 0.05) is 18.5 Å². The van der Waals surface area contributed by atoms with Gasteiger partial charge in [-0.15, -0.1) is 0 Å². The first kappa shape index (κ1) is 24.1. The zero-order chi connectivity index (χ0) is 24.6. The predicted octanol–water partition coefficient (Wildman–Crippen LogP) is 4.60. The lowest BCUT2D eigenvalue weighted by Gasteiger charge is -2.24. The van der Waals surface area contributed by atoms with E-state index >= 15 is 0 Å². The van der Waals surface area contributed by atoms with Crippen LogP contribution in [0.25, 0.3) is 0 Å². The summed E-state index contributed by atoms with van der Waals surface area (Å²) in [5.74, 6) is 8.08. The molecule has 0 spiro atoms. The molecule has 182 valence electrons. The lowest BCUT2D eigenvalue weighted by Crippen LogP contribution is -2.29. The minimum atomic E-state index is -0.213. The smallest absolute Gasteiger partial charge is 0.130 e. The van der Waals surface area contributed by atoms with E-state index in [4.69, 9.17) is 26.0 Å². The molecule has 35 heavy (non-hydrogen) atoms. The standard InChI is InChI=1S/C28H33N5O2/c1-3-19-12-14-25(20-13-15-26(34-2)24(17-20)28(29)33-30)32-27(16-19)31-21-8-7-11-23(18-21)35-22-9-5-4-6-10-22/h4-10,12-15,18,23-24H,3,11,16-17,30H2,1-2H3,(H2,29,33)(H,31,32). The van der Waals surface area contributed by atoms with Gasteiger partial charge >= 0.3 is 0 Å². The third-order valence-electron chi connectivity index (χ3n) is 6.22. The number of ether oxygens (including phenoxy) is 2. The fraction of sp³-hybridized carbons (Fsp3) is 0.286. The number of amidine groups is 2. The van der Waals surface area contributed by atoms with E-state index in [1.807, 2.05) is 42.5 Å². The van der Waals surface area contributed by atoms with Gasteiger partial charge in [-0.3, -0.25) is 0 Å². The van der Waals surface area contributed by atoms with Crippen molar-refractivity contribution in [2.24, 2.45) is 27.6 Å². The molecule has 1 aromatic rings. The van der Waals surface area contributed by atoms with Gasteiger partial charge in [0.15, 0.2) is 0 Å². The summed E-state index contributed by atoms with van der Waals surface area (Å²) in [5, 5.41) is 7.24. The van der Waals surface area contributed by atoms with E-state index in [0.717, 1.165) is 53.6 Å². The molecule has 0 aromatic heterocycles. The van der Waals surface area contributed by atoms with E-state index < -0.39 is 0 Å². The van der Waals surface area contributed by atoms with E-state index in [2.05, 4.69) is 47.7 Å². The number of methoxy groups -OCH3 is 1. The Labute approximate surface area is 207 Å². The van der Waals surface area contributed by atoms with Crippen LogP contribution in [-0.2, 0) is 4.74 Å². The van der Waals surface area contributed by atoms with Crippen LogP contribution in [0, 0.1) is 5.92 Å². The normalized spacial score (nSPS) is 22.5. The van der Waals surface area contributed by atoms with Crippen molar-refractivity contribution in [3.63, 3.8) is 0 Å². The number of hydrazone groups is 1. The predicted molar refractivity (Wildman–Crippen MR) is 141 cm³/mol. The monoisotopic (exact) mass is 471 g/mol. The minimum Gasteiger partial charge on any atom is -0.500 e. The molecule has 0 radical (unpaired) electrons. The molecule has 1 aliphatic heterocycles. The Morgan fingerprint density at radius 1 is 1.17 bits per heavy atom. The molecule has 5 N–H and O–H groups in total. The highest BCUT2D eigenvalue weighted by Gasteiger charge is 2.26. The highest BCUT2D eigenvalue weighted by atomic mass is 16.5. The number of benzene rings is 1. The van der Waals surface area contributed by atoms with Crippen LogP contribution in [0.1, 0.15) is 32.6 Å². The number of hydrogen-bond donors (Lipinski definition) is 3. The average molecular weight is 472 g/mol. The van der Waals surface area contributed by atoms with Crippen molar-refractivity contribution < 1.29 is 9.47 Å². The number of para-hydroxylation sites is 1. The van der Waals surface area contributed by atoms with Gasteiger partial charge in [0.25, 0.3) is 0 Å². The van der Waals surface area contributed by atoms with E-state index in [1.54, 1.807) is 7.11 Å². The number of hydrogen-bond acceptors (Lipinski definition) is 6. The number of rotatable bonds is 7. The molecular formula is C28H33N5O2. The van der Waals surface area contributed by atoms with Gasteiger partial charge in [0.05, 0.1) is 18.7 Å². The summed E-state index contributed by atoms with van der Waals surface area (Å²) in [6, 6.07) is 9.89. The number of nitrogens with one attached hydrogen (secondary N) is 1. The molecule has 1 aromatic carbocycles. The Balaban J connectivity index is 1.56. The first-order valence-corrected chi connectivity index (χ1v) is 11.9. The zero-order valence-electron chi connectivity index (χ0n) is 20.3. The minimum absolute atomic E-state index is 0.0367. The molecule has 0 saturated carbocycles. The molecule has 2 unspecified atom stereocenters. The summed E-state index contributed by atoms with van der Waals surface area (Å²) in [6.07, 6.45) is 17.6. The van der Waals surface area contributed by atoms with Crippen molar-refractivity contribution >= 4 is 11.7 Å². The summed E-state index contributed by atoms with van der Waals surface area (Å²) in [7, 11) is 1.63. The topological polar surface area (TPSA) is 107 Å².